The van der Waals surface area contributed by atoms with Gasteiger partial charge in [-0.15, -0.1) is 0 Å². The largest absolute Gasteiger partial charge is 0.383 e. The highest BCUT2D eigenvalue weighted by atomic mass is 16.5. The van der Waals surface area contributed by atoms with Crippen LogP contribution in [0.1, 0.15) is 32.3 Å². The molecule has 1 N–H and O–H groups in total. The van der Waals surface area contributed by atoms with Crippen LogP contribution in [0.15, 0.2) is 24.3 Å². The van der Waals surface area contributed by atoms with E-state index in [1.807, 2.05) is 31.2 Å². The number of methoxy groups -OCH3 is 1. The van der Waals surface area contributed by atoms with Crippen molar-refractivity contribution in [2.75, 3.05) is 25.2 Å². The number of hydrogen-bond acceptors (Lipinski definition) is 3. The molecule has 1 aromatic carbocycles. The number of ether oxygens (including phenoxy) is 1. The Hall–Kier alpha value is -1.88. The highest BCUT2D eigenvalue weighted by Crippen LogP contribution is 2.37. The summed E-state index contributed by atoms with van der Waals surface area (Å²) in [5.74, 6) is -0.119. The number of rotatable bonds is 6. The number of nitrogens with zero attached hydrogens (tertiary/aromatic N) is 1. The van der Waals surface area contributed by atoms with Crippen LogP contribution in [0.4, 0.5) is 5.69 Å². The summed E-state index contributed by atoms with van der Waals surface area (Å²) in [5.41, 5.74) is 1.08. The van der Waals surface area contributed by atoms with Gasteiger partial charge in [-0.2, -0.15) is 0 Å². The van der Waals surface area contributed by atoms with E-state index >= 15 is 0 Å². The van der Waals surface area contributed by atoms with Crippen LogP contribution in [0.5, 0.6) is 0 Å². The zero-order valence-electron chi connectivity index (χ0n) is 13.5. The number of carbonyl (C=O) groups excluding carboxylic acids is 2. The van der Waals surface area contributed by atoms with E-state index in [1.54, 1.807) is 12.0 Å². The Kier molecular flexibility index (Phi) is 5.19. The molecule has 1 atom stereocenters. The molecule has 120 valence electrons. The Morgan fingerprint density at radius 1 is 1.41 bits per heavy atom. The molecule has 0 aliphatic carbocycles. The standard InChI is InChI=1S/C17H24N2O3/c1-4-13-7-5-6-8-14(13)19-15(20)9-10-17(19,2)16(21)18-11-12-22-3/h5-8H,4,9-12H2,1-3H3,(H,18,21). The quantitative estimate of drug-likeness (QED) is 0.817. The Morgan fingerprint density at radius 3 is 2.82 bits per heavy atom. The normalized spacial score (nSPS) is 21.2. The molecule has 0 aromatic heterocycles. The molecule has 2 rings (SSSR count). The fourth-order valence-electron chi connectivity index (χ4n) is 2.95. The maximum absolute atomic E-state index is 12.6. The molecule has 0 radical (unpaired) electrons. The van der Waals surface area contributed by atoms with E-state index in [0.717, 1.165) is 17.7 Å². The van der Waals surface area contributed by atoms with E-state index in [9.17, 15) is 9.59 Å². The summed E-state index contributed by atoms with van der Waals surface area (Å²) in [5, 5.41) is 2.87. The van der Waals surface area contributed by atoms with Crippen LogP contribution in [0.3, 0.4) is 0 Å². The molecule has 1 heterocycles. The fraction of sp³-hybridized carbons (Fsp3) is 0.529. The van der Waals surface area contributed by atoms with Gasteiger partial charge < -0.3 is 10.1 Å². The fourth-order valence-corrected chi connectivity index (χ4v) is 2.95. The predicted molar refractivity (Wildman–Crippen MR) is 85.8 cm³/mol. The lowest BCUT2D eigenvalue weighted by Crippen LogP contribution is -2.55. The van der Waals surface area contributed by atoms with Gasteiger partial charge in [0.2, 0.25) is 11.8 Å². The molecular weight excluding hydrogens is 280 g/mol. The van der Waals surface area contributed by atoms with Crippen LogP contribution in [0.2, 0.25) is 0 Å². The van der Waals surface area contributed by atoms with Crippen LogP contribution in [0.25, 0.3) is 0 Å². The summed E-state index contributed by atoms with van der Waals surface area (Å²) in [6, 6.07) is 7.79. The molecule has 1 unspecified atom stereocenters. The molecule has 1 aliphatic heterocycles. The summed E-state index contributed by atoms with van der Waals surface area (Å²) < 4.78 is 4.96. The first kappa shape index (κ1) is 16.5. The number of carbonyl (C=O) groups is 2. The van der Waals surface area contributed by atoms with Crippen LogP contribution in [-0.4, -0.2) is 37.6 Å². The van der Waals surface area contributed by atoms with Gasteiger partial charge in [-0.25, -0.2) is 0 Å². The van der Waals surface area contributed by atoms with Gasteiger partial charge >= 0.3 is 0 Å². The van der Waals surface area contributed by atoms with Gasteiger partial charge in [0.25, 0.3) is 0 Å². The molecule has 2 amide bonds. The SMILES string of the molecule is CCc1ccccc1N1C(=O)CCC1(C)C(=O)NCCOC. The minimum absolute atomic E-state index is 0.00490. The van der Waals surface area contributed by atoms with Crippen molar-refractivity contribution in [3.8, 4) is 0 Å². The van der Waals surface area contributed by atoms with Crippen LogP contribution in [0, 0.1) is 0 Å². The average molecular weight is 304 g/mol. The minimum Gasteiger partial charge on any atom is -0.383 e. The highest BCUT2D eigenvalue weighted by Gasteiger charge is 2.48. The first-order valence-electron chi connectivity index (χ1n) is 7.72. The van der Waals surface area contributed by atoms with Gasteiger partial charge in [-0.1, -0.05) is 25.1 Å². The van der Waals surface area contributed by atoms with E-state index in [2.05, 4.69) is 12.2 Å². The number of amides is 2. The van der Waals surface area contributed by atoms with Crippen molar-refractivity contribution in [3.63, 3.8) is 0 Å². The molecule has 5 heteroatoms. The molecule has 22 heavy (non-hydrogen) atoms. The zero-order chi connectivity index (χ0) is 16.2. The van der Waals surface area contributed by atoms with E-state index in [0.29, 0.717) is 26.0 Å². The number of hydrogen-bond donors (Lipinski definition) is 1. The molecule has 0 saturated carbocycles. The van der Waals surface area contributed by atoms with E-state index in [4.69, 9.17) is 4.74 Å². The molecule has 5 nitrogen and oxygen atoms in total. The van der Waals surface area contributed by atoms with Gasteiger partial charge in [-0.3, -0.25) is 14.5 Å². The zero-order valence-corrected chi connectivity index (χ0v) is 13.5. The monoisotopic (exact) mass is 304 g/mol. The van der Waals surface area contributed by atoms with Gasteiger partial charge in [0.05, 0.1) is 6.61 Å². The van der Waals surface area contributed by atoms with Crippen molar-refractivity contribution in [3.05, 3.63) is 29.8 Å². The van der Waals surface area contributed by atoms with Gasteiger partial charge in [0, 0.05) is 25.8 Å². The first-order chi connectivity index (χ1) is 10.5. The summed E-state index contributed by atoms with van der Waals surface area (Å²) in [7, 11) is 1.59. The van der Waals surface area contributed by atoms with Crippen molar-refractivity contribution in [2.45, 2.75) is 38.6 Å². The minimum atomic E-state index is -0.837. The molecule has 1 saturated heterocycles. The van der Waals surface area contributed by atoms with Crippen LogP contribution < -0.4 is 10.2 Å². The smallest absolute Gasteiger partial charge is 0.246 e. The van der Waals surface area contributed by atoms with Gasteiger partial charge in [-0.05, 0) is 31.4 Å². The summed E-state index contributed by atoms with van der Waals surface area (Å²) in [6.45, 7) is 4.80. The third-order valence-electron chi connectivity index (χ3n) is 4.26. The molecule has 1 aromatic rings. The maximum Gasteiger partial charge on any atom is 0.246 e. The summed E-state index contributed by atoms with van der Waals surface area (Å²) in [4.78, 5) is 26.7. The average Bonchev–Trinajstić information content (AvgIpc) is 2.84. The number of para-hydroxylation sites is 1. The molecular formula is C17H24N2O3. The second-order valence-corrected chi connectivity index (χ2v) is 5.73. The maximum atomic E-state index is 12.6. The van der Waals surface area contributed by atoms with Gasteiger partial charge in [0.1, 0.15) is 5.54 Å². The first-order valence-corrected chi connectivity index (χ1v) is 7.72. The van der Waals surface area contributed by atoms with E-state index < -0.39 is 5.54 Å². The Balaban J connectivity index is 2.30. The van der Waals surface area contributed by atoms with Crippen molar-refractivity contribution in [2.24, 2.45) is 0 Å². The van der Waals surface area contributed by atoms with Crippen molar-refractivity contribution < 1.29 is 14.3 Å². The topological polar surface area (TPSA) is 58.6 Å². The van der Waals surface area contributed by atoms with E-state index in [-0.39, 0.29) is 11.8 Å². The van der Waals surface area contributed by atoms with Crippen molar-refractivity contribution in [1.82, 2.24) is 5.32 Å². The van der Waals surface area contributed by atoms with Crippen LogP contribution >= 0.6 is 0 Å². The molecule has 1 fully saturated rings. The third-order valence-corrected chi connectivity index (χ3v) is 4.26. The lowest BCUT2D eigenvalue weighted by molar-refractivity contribution is -0.127. The van der Waals surface area contributed by atoms with Crippen LogP contribution in [-0.2, 0) is 20.7 Å². The second kappa shape index (κ2) is 6.92. The molecule has 1 aliphatic rings. The lowest BCUT2D eigenvalue weighted by atomic mass is 9.96. The van der Waals surface area contributed by atoms with Crippen molar-refractivity contribution in [1.29, 1.82) is 0 Å². The van der Waals surface area contributed by atoms with Gasteiger partial charge in [0.15, 0.2) is 0 Å². The molecule has 0 bridgehead atoms. The third kappa shape index (κ3) is 2.99. The van der Waals surface area contributed by atoms with E-state index in [1.165, 1.54) is 0 Å². The number of anilines is 1. The Bertz CT molecular complexity index is 559. The lowest BCUT2D eigenvalue weighted by Gasteiger charge is -2.35. The Morgan fingerprint density at radius 2 is 2.14 bits per heavy atom. The second-order valence-electron chi connectivity index (χ2n) is 5.73. The highest BCUT2D eigenvalue weighted by molar-refractivity contribution is 6.06. The number of benzene rings is 1. The van der Waals surface area contributed by atoms with Crippen molar-refractivity contribution >= 4 is 17.5 Å². The summed E-state index contributed by atoms with van der Waals surface area (Å²) >= 11 is 0. The predicted octanol–water partition coefficient (Wildman–Crippen LogP) is 1.90. The summed E-state index contributed by atoms with van der Waals surface area (Å²) in [6.07, 6.45) is 1.75. The number of nitrogens with one attached hydrogen (secondary N) is 1. The Labute approximate surface area is 131 Å². The number of aryl methyl sites for hydroxylation is 1. The molecule has 0 spiro atoms.